The Kier molecular flexibility index (Phi) is 6.06. The van der Waals surface area contributed by atoms with Crippen LogP contribution in [0.5, 0.6) is 0 Å². The second-order valence-corrected chi connectivity index (χ2v) is 7.18. The van der Waals surface area contributed by atoms with E-state index in [1.165, 1.54) is 12.0 Å². The molecule has 3 unspecified atom stereocenters. The Labute approximate surface area is 145 Å². The molecular formula is C18H28ClN3O. The van der Waals surface area contributed by atoms with Gasteiger partial charge >= 0.3 is 0 Å². The number of halogens is 1. The van der Waals surface area contributed by atoms with E-state index in [2.05, 4.69) is 36.2 Å². The van der Waals surface area contributed by atoms with E-state index in [9.17, 15) is 4.79 Å². The lowest BCUT2D eigenvalue weighted by Crippen LogP contribution is -2.34. The van der Waals surface area contributed by atoms with Crippen molar-refractivity contribution < 1.29 is 4.79 Å². The zero-order valence-electron chi connectivity index (χ0n) is 14.0. The van der Waals surface area contributed by atoms with E-state index in [0.29, 0.717) is 30.3 Å². The molecule has 1 aliphatic heterocycles. The molecule has 1 aromatic rings. The van der Waals surface area contributed by atoms with Crippen LogP contribution in [0.1, 0.15) is 38.2 Å². The molecule has 4 nitrogen and oxygen atoms in total. The molecule has 1 saturated heterocycles. The number of rotatable bonds is 4. The van der Waals surface area contributed by atoms with E-state index in [-0.39, 0.29) is 18.3 Å². The van der Waals surface area contributed by atoms with Crippen molar-refractivity contribution in [1.29, 1.82) is 0 Å². The van der Waals surface area contributed by atoms with E-state index >= 15 is 0 Å². The minimum Gasteiger partial charge on any atom is -0.327 e. The molecule has 23 heavy (non-hydrogen) atoms. The highest BCUT2D eigenvalue weighted by molar-refractivity contribution is 5.92. The second-order valence-electron chi connectivity index (χ2n) is 7.18. The maximum absolute atomic E-state index is 12.2. The topological polar surface area (TPSA) is 58.4 Å². The van der Waals surface area contributed by atoms with E-state index in [1.807, 2.05) is 12.1 Å². The number of nitrogens with zero attached hydrogens (tertiary/aromatic N) is 1. The largest absolute Gasteiger partial charge is 0.327 e. The maximum Gasteiger partial charge on any atom is 0.238 e. The molecule has 2 fully saturated rings. The number of hydrogen-bond donors (Lipinski definition) is 2. The van der Waals surface area contributed by atoms with Crippen LogP contribution in [0.4, 0.5) is 5.69 Å². The Morgan fingerprint density at radius 3 is 2.57 bits per heavy atom. The van der Waals surface area contributed by atoms with Crippen molar-refractivity contribution >= 4 is 24.0 Å². The fourth-order valence-corrected chi connectivity index (χ4v) is 3.88. The highest BCUT2D eigenvalue weighted by Gasteiger charge is 2.41. The summed E-state index contributed by atoms with van der Waals surface area (Å²) in [5.74, 6) is 1.88. The molecule has 3 N–H and O–H groups in total. The molecule has 0 radical (unpaired) electrons. The summed E-state index contributed by atoms with van der Waals surface area (Å²) >= 11 is 0. The number of fused-ring (bicyclic) bond motifs is 1. The van der Waals surface area contributed by atoms with Crippen molar-refractivity contribution in [3.8, 4) is 0 Å². The highest BCUT2D eigenvalue weighted by atomic mass is 35.5. The summed E-state index contributed by atoms with van der Waals surface area (Å²) in [7, 11) is 0. The molecule has 5 heteroatoms. The van der Waals surface area contributed by atoms with Gasteiger partial charge in [0.2, 0.25) is 5.91 Å². The summed E-state index contributed by atoms with van der Waals surface area (Å²) in [6.45, 7) is 6.82. The molecule has 0 spiro atoms. The van der Waals surface area contributed by atoms with Crippen LogP contribution < -0.4 is 11.1 Å². The lowest BCUT2D eigenvalue weighted by molar-refractivity contribution is -0.117. The van der Waals surface area contributed by atoms with Crippen LogP contribution in [0.15, 0.2) is 24.3 Å². The third kappa shape index (κ3) is 4.25. The van der Waals surface area contributed by atoms with Gasteiger partial charge in [0.25, 0.3) is 0 Å². The van der Waals surface area contributed by atoms with Crippen LogP contribution in [0.3, 0.4) is 0 Å². The quantitative estimate of drug-likeness (QED) is 0.888. The first-order chi connectivity index (χ1) is 10.5. The fraction of sp³-hybridized carbons (Fsp3) is 0.611. The summed E-state index contributed by atoms with van der Waals surface area (Å²) in [6, 6.07) is 8.48. The number of amides is 1. The van der Waals surface area contributed by atoms with Crippen LogP contribution in [-0.4, -0.2) is 36.5 Å². The average molecular weight is 338 g/mol. The number of nitrogens with one attached hydrogen (secondary N) is 1. The van der Waals surface area contributed by atoms with Gasteiger partial charge in [-0.05, 0) is 48.3 Å². The number of anilines is 1. The maximum atomic E-state index is 12.2. The summed E-state index contributed by atoms with van der Waals surface area (Å²) in [6.07, 6.45) is 2.37. The van der Waals surface area contributed by atoms with Gasteiger partial charge in [0.15, 0.2) is 0 Å². The zero-order valence-corrected chi connectivity index (χ0v) is 14.8. The van der Waals surface area contributed by atoms with Crippen molar-refractivity contribution in [2.45, 2.75) is 38.6 Å². The monoisotopic (exact) mass is 337 g/mol. The number of nitrogens with two attached hydrogens (primary N) is 1. The third-order valence-electron chi connectivity index (χ3n) is 5.22. The van der Waals surface area contributed by atoms with Crippen LogP contribution in [0.2, 0.25) is 0 Å². The van der Waals surface area contributed by atoms with Gasteiger partial charge in [-0.15, -0.1) is 12.4 Å². The first-order valence-electron chi connectivity index (χ1n) is 8.40. The summed E-state index contributed by atoms with van der Waals surface area (Å²) in [4.78, 5) is 14.5. The van der Waals surface area contributed by atoms with Crippen LogP contribution in [0, 0.1) is 11.8 Å². The molecular weight excluding hydrogens is 310 g/mol. The van der Waals surface area contributed by atoms with Crippen LogP contribution in [-0.2, 0) is 4.79 Å². The van der Waals surface area contributed by atoms with Crippen molar-refractivity contribution in [3.05, 3.63) is 29.8 Å². The zero-order chi connectivity index (χ0) is 15.7. The fourth-order valence-electron chi connectivity index (χ4n) is 3.88. The van der Waals surface area contributed by atoms with Crippen LogP contribution in [0.25, 0.3) is 0 Å². The first kappa shape index (κ1) is 18.2. The van der Waals surface area contributed by atoms with Gasteiger partial charge in [-0.25, -0.2) is 0 Å². The molecule has 0 bridgehead atoms. The van der Waals surface area contributed by atoms with Gasteiger partial charge < -0.3 is 11.1 Å². The van der Waals surface area contributed by atoms with Crippen molar-refractivity contribution in [2.75, 3.05) is 25.0 Å². The molecule has 1 saturated carbocycles. The van der Waals surface area contributed by atoms with E-state index in [1.54, 1.807) is 0 Å². The minimum atomic E-state index is 0. The van der Waals surface area contributed by atoms with Gasteiger partial charge in [-0.2, -0.15) is 0 Å². The van der Waals surface area contributed by atoms with Gasteiger partial charge in [0.1, 0.15) is 0 Å². The molecule has 3 atom stereocenters. The van der Waals surface area contributed by atoms with Crippen molar-refractivity contribution in [2.24, 2.45) is 17.6 Å². The predicted octanol–water partition coefficient (Wildman–Crippen LogP) is 2.84. The van der Waals surface area contributed by atoms with E-state index < -0.39 is 0 Å². The number of carbonyl (C=O) groups is 1. The number of likely N-dealkylation sites (tertiary alicyclic amines) is 1. The minimum absolute atomic E-state index is 0. The Morgan fingerprint density at radius 1 is 1.26 bits per heavy atom. The summed E-state index contributed by atoms with van der Waals surface area (Å²) in [5.41, 5.74) is 8.32. The first-order valence-corrected chi connectivity index (χ1v) is 8.40. The average Bonchev–Trinajstić information content (AvgIpc) is 3.01. The normalized spacial score (nSPS) is 26.9. The molecule has 128 valence electrons. The van der Waals surface area contributed by atoms with Gasteiger partial charge in [0, 0.05) is 24.8 Å². The number of benzene rings is 1. The third-order valence-corrected chi connectivity index (χ3v) is 5.22. The van der Waals surface area contributed by atoms with Gasteiger partial charge in [0.05, 0.1) is 6.54 Å². The van der Waals surface area contributed by atoms with Gasteiger partial charge in [-0.3, -0.25) is 9.69 Å². The predicted molar refractivity (Wildman–Crippen MR) is 97.0 cm³/mol. The smallest absolute Gasteiger partial charge is 0.238 e. The highest BCUT2D eigenvalue weighted by Crippen LogP contribution is 2.36. The summed E-state index contributed by atoms with van der Waals surface area (Å²) < 4.78 is 0. The molecule has 0 aromatic heterocycles. The SMILES string of the molecule is CC(C)c1ccc(NC(=O)CN2CC3CCC(N)C3C2)cc1.Cl. The Bertz CT molecular complexity index is 532. The molecule has 1 heterocycles. The molecule has 1 aromatic carbocycles. The number of carbonyl (C=O) groups excluding carboxylic acids is 1. The Morgan fingerprint density at radius 2 is 1.96 bits per heavy atom. The lowest BCUT2D eigenvalue weighted by atomic mass is 9.98. The van der Waals surface area contributed by atoms with Crippen molar-refractivity contribution in [3.63, 3.8) is 0 Å². The second kappa shape index (κ2) is 7.65. The molecule has 1 amide bonds. The van der Waals surface area contributed by atoms with Crippen LogP contribution >= 0.6 is 12.4 Å². The number of hydrogen-bond acceptors (Lipinski definition) is 3. The lowest BCUT2D eigenvalue weighted by Gasteiger charge is -2.18. The Balaban J connectivity index is 0.00000192. The molecule has 3 rings (SSSR count). The van der Waals surface area contributed by atoms with Crippen molar-refractivity contribution in [1.82, 2.24) is 4.90 Å². The van der Waals surface area contributed by atoms with Gasteiger partial charge in [-0.1, -0.05) is 26.0 Å². The van der Waals surface area contributed by atoms with E-state index in [0.717, 1.165) is 25.2 Å². The van der Waals surface area contributed by atoms with E-state index in [4.69, 9.17) is 5.73 Å². The molecule has 1 aliphatic carbocycles. The summed E-state index contributed by atoms with van der Waals surface area (Å²) in [5, 5.41) is 3.00. The standard InChI is InChI=1S/C18H27N3O.ClH/c1-12(2)13-3-6-15(7-4-13)20-18(22)11-21-9-14-5-8-17(19)16(14)10-21;/h3-4,6-7,12,14,16-17H,5,8-11,19H2,1-2H3,(H,20,22);1H. The Hall–Kier alpha value is -1.10. The molecule has 2 aliphatic rings.